The maximum Gasteiger partial charge on any atom is 0.264 e. The Morgan fingerprint density at radius 1 is 1.03 bits per heavy atom. The smallest absolute Gasteiger partial charge is 0.264 e. The van der Waals surface area contributed by atoms with Crippen molar-refractivity contribution < 1.29 is 4.79 Å². The Hall–Kier alpha value is -2.47. The molecule has 1 saturated heterocycles. The topological polar surface area (TPSA) is 46.4 Å². The van der Waals surface area contributed by atoms with E-state index < -0.39 is 0 Å². The summed E-state index contributed by atoms with van der Waals surface area (Å²) in [4.78, 5) is 17.7. The molecule has 1 aromatic heterocycles. The monoisotopic (exact) mass is 455 g/mol. The number of aromatic nitrogens is 1. The molecule has 1 aliphatic heterocycles. The SMILES string of the molecule is Cc1c(Cl)cccc1N=C1NC(=O)/C(=C\c2cc(C)n(-c3ccccc3Cl)c2C)S1. The number of thioether (sulfide) groups is 1. The van der Waals surface area contributed by atoms with Gasteiger partial charge in [-0.25, -0.2) is 4.99 Å². The minimum absolute atomic E-state index is 0.166. The normalized spacial score (nSPS) is 16.5. The molecule has 1 aliphatic rings. The zero-order valence-electron chi connectivity index (χ0n) is 16.7. The van der Waals surface area contributed by atoms with Gasteiger partial charge in [0.15, 0.2) is 5.17 Å². The van der Waals surface area contributed by atoms with Crippen LogP contribution < -0.4 is 5.32 Å². The maximum absolute atomic E-state index is 12.5. The van der Waals surface area contributed by atoms with Crippen molar-refractivity contribution in [3.63, 3.8) is 0 Å². The van der Waals surface area contributed by atoms with Gasteiger partial charge in [0.2, 0.25) is 0 Å². The van der Waals surface area contributed by atoms with Gasteiger partial charge in [0, 0.05) is 16.4 Å². The standard InChI is InChI=1S/C23H19Cl2N3OS/c1-13-11-16(15(3)28(13)20-10-5-4-7-18(20)25)12-21-22(29)27-23(30-21)26-19-9-6-8-17(24)14(19)2/h4-12H,1-3H3,(H,26,27,29)/b21-12+. The summed E-state index contributed by atoms with van der Waals surface area (Å²) < 4.78 is 2.09. The van der Waals surface area contributed by atoms with Crippen LogP contribution in [0.1, 0.15) is 22.5 Å². The first kappa shape index (κ1) is 20.8. The minimum Gasteiger partial charge on any atom is -0.316 e. The van der Waals surface area contributed by atoms with Gasteiger partial charge in [0.05, 0.1) is 21.3 Å². The minimum atomic E-state index is -0.166. The van der Waals surface area contributed by atoms with E-state index in [1.165, 1.54) is 11.8 Å². The van der Waals surface area contributed by atoms with Crippen LogP contribution in [0, 0.1) is 20.8 Å². The lowest BCUT2D eigenvalue weighted by Crippen LogP contribution is -2.19. The fourth-order valence-electron chi connectivity index (χ4n) is 3.39. The third-order valence-electron chi connectivity index (χ3n) is 4.96. The highest BCUT2D eigenvalue weighted by atomic mass is 35.5. The highest BCUT2D eigenvalue weighted by Crippen LogP contribution is 2.33. The molecule has 30 heavy (non-hydrogen) atoms. The van der Waals surface area contributed by atoms with Crippen LogP contribution in [0.5, 0.6) is 0 Å². The number of amidine groups is 1. The summed E-state index contributed by atoms with van der Waals surface area (Å²) in [6.07, 6.45) is 1.89. The van der Waals surface area contributed by atoms with E-state index in [1.54, 1.807) is 0 Å². The number of hydrogen-bond donors (Lipinski definition) is 1. The molecular weight excluding hydrogens is 437 g/mol. The fraction of sp³-hybridized carbons (Fsp3) is 0.130. The molecule has 0 radical (unpaired) electrons. The van der Waals surface area contributed by atoms with Crippen molar-refractivity contribution >= 4 is 57.8 Å². The van der Waals surface area contributed by atoms with Gasteiger partial charge in [-0.3, -0.25) is 4.79 Å². The molecule has 3 aromatic rings. The van der Waals surface area contributed by atoms with Crippen LogP contribution in [0.3, 0.4) is 0 Å². The molecule has 7 heteroatoms. The molecule has 1 fully saturated rings. The second-order valence-corrected chi connectivity index (χ2v) is 8.82. The summed E-state index contributed by atoms with van der Waals surface area (Å²) in [5.41, 5.74) is 5.55. The molecule has 1 amide bonds. The second-order valence-electron chi connectivity index (χ2n) is 6.98. The van der Waals surface area contributed by atoms with Crippen LogP contribution >= 0.6 is 35.0 Å². The number of carbonyl (C=O) groups excluding carboxylic acids is 1. The Kier molecular flexibility index (Phi) is 5.78. The van der Waals surface area contributed by atoms with Crippen molar-refractivity contribution in [1.82, 2.24) is 9.88 Å². The number of aliphatic imine (C=N–C) groups is 1. The zero-order chi connectivity index (χ0) is 21.4. The Morgan fingerprint density at radius 2 is 1.77 bits per heavy atom. The van der Waals surface area contributed by atoms with E-state index in [0.717, 1.165) is 33.9 Å². The van der Waals surface area contributed by atoms with E-state index in [9.17, 15) is 4.79 Å². The van der Waals surface area contributed by atoms with E-state index >= 15 is 0 Å². The Morgan fingerprint density at radius 3 is 2.53 bits per heavy atom. The van der Waals surface area contributed by atoms with Crippen LogP contribution in [0.4, 0.5) is 5.69 Å². The molecule has 2 heterocycles. The summed E-state index contributed by atoms with van der Waals surface area (Å²) in [5, 5.41) is 4.70. The van der Waals surface area contributed by atoms with Gasteiger partial charge in [-0.05, 0) is 80.1 Å². The highest BCUT2D eigenvalue weighted by molar-refractivity contribution is 8.18. The fourth-order valence-corrected chi connectivity index (χ4v) is 4.60. The zero-order valence-corrected chi connectivity index (χ0v) is 19.0. The lowest BCUT2D eigenvalue weighted by atomic mass is 10.2. The van der Waals surface area contributed by atoms with Crippen molar-refractivity contribution in [2.24, 2.45) is 4.99 Å². The van der Waals surface area contributed by atoms with Crippen molar-refractivity contribution in [2.45, 2.75) is 20.8 Å². The van der Waals surface area contributed by atoms with Crippen LogP contribution in [0.15, 0.2) is 58.4 Å². The predicted octanol–water partition coefficient (Wildman–Crippen LogP) is 6.60. The lowest BCUT2D eigenvalue weighted by molar-refractivity contribution is -0.115. The van der Waals surface area contributed by atoms with Crippen molar-refractivity contribution in [1.29, 1.82) is 0 Å². The number of nitrogens with zero attached hydrogens (tertiary/aromatic N) is 2. The van der Waals surface area contributed by atoms with E-state index in [1.807, 2.05) is 69.3 Å². The third-order valence-corrected chi connectivity index (χ3v) is 6.60. The summed E-state index contributed by atoms with van der Waals surface area (Å²) in [6, 6.07) is 15.3. The van der Waals surface area contributed by atoms with Crippen molar-refractivity contribution in [3.05, 3.63) is 86.0 Å². The Bertz CT molecular complexity index is 1230. The van der Waals surface area contributed by atoms with Crippen LogP contribution in [-0.2, 0) is 4.79 Å². The number of nitrogens with one attached hydrogen (secondary N) is 1. The van der Waals surface area contributed by atoms with E-state index in [4.69, 9.17) is 23.2 Å². The molecule has 0 unspecified atom stereocenters. The first-order valence-corrected chi connectivity index (χ1v) is 10.9. The molecule has 0 spiro atoms. The first-order valence-electron chi connectivity index (χ1n) is 9.33. The molecular formula is C23H19Cl2N3OS. The molecule has 0 saturated carbocycles. The van der Waals surface area contributed by atoms with E-state index in [0.29, 0.717) is 20.1 Å². The maximum atomic E-state index is 12.5. The number of carbonyl (C=O) groups is 1. The molecule has 1 N–H and O–H groups in total. The molecule has 2 aromatic carbocycles. The molecule has 152 valence electrons. The van der Waals surface area contributed by atoms with E-state index in [2.05, 4.69) is 20.9 Å². The number of hydrogen-bond acceptors (Lipinski definition) is 3. The molecule has 4 nitrogen and oxygen atoms in total. The van der Waals surface area contributed by atoms with Gasteiger partial charge in [-0.15, -0.1) is 0 Å². The number of benzene rings is 2. The Labute approximate surface area is 189 Å². The van der Waals surface area contributed by atoms with Gasteiger partial charge in [-0.1, -0.05) is 41.4 Å². The van der Waals surface area contributed by atoms with Gasteiger partial charge >= 0.3 is 0 Å². The number of para-hydroxylation sites is 1. The second kappa shape index (κ2) is 8.34. The number of amides is 1. The van der Waals surface area contributed by atoms with Gasteiger partial charge in [0.25, 0.3) is 5.91 Å². The van der Waals surface area contributed by atoms with Crippen LogP contribution in [0.2, 0.25) is 10.0 Å². The average molecular weight is 456 g/mol. The summed E-state index contributed by atoms with van der Waals surface area (Å²) >= 11 is 13.9. The van der Waals surface area contributed by atoms with Gasteiger partial charge in [0.1, 0.15) is 0 Å². The summed E-state index contributed by atoms with van der Waals surface area (Å²) in [7, 11) is 0. The van der Waals surface area contributed by atoms with Crippen LogP contribution in [0.25, 0.3) is 11.8 Å². The molecule has 0 atom stereocenters. The predicted molar refractivity (Wildman–Crippen MR) is 127 cm³/mol. The van der Waals surface area contributed by atoms with Crippen molar-refractivity contribution in [2.75, 3.05) is 0 Å². The van der Waals surface area contributed by atoms with Gasteiger partial charge < -0.3 is 9.88 Å². The van der Waals surface area contributed by atoms with Crippen molar-refractivity contribution in [3.8, 4) is 5.69 Å². The summed E-state index contributed by atoms with van der Waals surface area (Å²) in [5.74, 6) is -0.166. The third kappa shape index (κ3) is 3.93. The average Bonchev–Trinajstić information content (AvgIpc) is 3.18. The first-order chi connectivity index (χ1) is 14.3. The molecule has 4 rings (SSSR count). The number of halogens is 2. The Balaban J connectivity index is 1.67. The molecule has 0 bridgehead atoms. The molecule has 0 aliphatic carbocycles. The van der Waals surface area contributed by atoms with Gasteiger partial charge in [-0.2, -0.15) is 0 Å². The van der Waals surface area contributed by atoms with Crippen LogP contribution in [-0.4, -0.2) is 15.6 Å². The van der Waals surface area contributed by atoms with E-state index in [-0.39, 0.29) is 5.91 Å². The largest absolute Gasteiger partial charge is 0.316 e. The quantitative estimate of drug-likeness (QED) is 0.452. The lowest BCUT2D eigenvalue weighted by Gasteiger charge is -2.11. The number of aryl methyl sites for hydroxylation is 1. The summed E-state index contributed by atoms with van der Waals surface area (Å²) in [6.45, 7) is 5.95. The number of rotatable bonds is 3. The highest BCUT2D eigenvalue weighted by Gasteiger charge is 2.25.